The third kappa shape index (κ3) is 4.51. The Bertz CT molecular complexity index is 932. The second kappa shape index (κ2) is 9.40. The van der Waals surface area contributed by atoms with Crippen molar-refractivity contribution in [2.75, 3.05) is 31.6 Å². The Morgan fingerprint density at radius 2 is 2.06 bits per heavy atom. The highest BCUT2D eigenvalue weighted by Crippen LogP contribution is 2.44. The minimum absolute atomic E-state index is 0.166. The second-order valence-corrected chi connectivity index (χ2v) is 9.01. The number of aliphatic hydroxyl groups excluding tert-OH is 1. The Balaban J connectivity index is 1.62. The highest BCUT2D eigenvalue weighted by molar-refractivity contribution is 5.82. The SMILES string of the molecule is C=CCNc1ncnc2c1ncn2[C@@H]1O[C@H](CN(CCCO)C(C)C)[C@H]2OC(C)(C)O[C@H]21. The Morgan fingerprint density at radius 3 is 2.78 bits per heavy atom. The number of aromatic nitrogens is 4. The lowest BCUT2D eigenvalue weighted by Crippen LogP contribution is -2.43. The fourth-order valence-corrected chi connectivity index (χ4v) is 4.43. The lowest BCUT2D eigenvalue weighted by atomic mass is 10.1. The molecular formula is C22H34N6O4. The topological polar surface area (TPSA) is 107 Å². The summed E-state index contributed by atoms with van der Waals surface area (Å²) in [6, 6.07) is 0.318. The van der Waals surface area contributed by atoms with Crippen LogP contribution in [0.4, 0.5) is 5.82 Å². The molecule has 2 fully saturated rings. The van der Waals surface area contributed by atoms with Crippen LogP contribution in [0.3, 0.4) is 0 Å². The minimum Gasteiger partial charge on any atom is -0.396 e. The normalized spacial score (nSPS) is 26.8. The van der Waals surface area contributed by atoms with Crippen molar-refractivity contribution in [2.24, 2.45) is 0 Å². The summed E-state index contributed by atoms with van der Waals surface area (Å²) in [5.74, 6) is -0.0514. The Hall–Kier alpha value is -2.11. The number of hydrogen-bond donors (Lipinski definition) is 2. The zero-order valence-corrected chi connectivity index (χ0v) is 19.3. The second-order valence-electron chi connectivity index (χ2n) is 9.01. The van der Waals surface area contributed by atoms with Crippen LogP contribution < -0.4 is 5.32 Å². The van der Waals surface area contributed by atoms with Gasteiger partial charge < -0.3 is 24.6 Å². The van der Waals surface area contributed by atoms with Gasteiger partial charge in [0.1, 0.15) is 24.6 Å². The molecule has 0 saturated carbocycles. The molecule has 0 spiro atoms. The third-order valence-corrected chi connectivity index (χ3v) is 5.92. The fraction of sp³-hybridized carbons (Fsp3) is 0.682. The van der Waals surface area contributed by atoms with Crippen LogP contribution in [0, 0.1) is 0 Å². The van der Waals surface area contributed by atoms with E-state index in [1.54, 1.807) is 12.4 Å². The van der Waals surface area contributed by atoms with E-state index in [0.29, 0.717) is 36.1 Å². The van der Waals surface area contributed by atoms with Gasteiger partial charge in [-0.2, -0.15) is 0 Å². The molecule has 0 bridgehead atoms. The van der Waals surface area contributed by atoms with E-state index in [9.17, 15) is 5.11 Å². The molecule has 2 aliphatic heterocycles. The van der Waals surface area contributed by atoms with Crippen molar-refractivity contribution in [1.82, 2.24) is 24.4 Å². The molecule has 2 aromatic rings. The number of nitrogens with zero attached hydrogens (tertiary/aromatic N) is 5. The summed E-state index contributed by atoms with van der Waals surface area (Å²) >= 11 is 0. The molecule has 4 atom stereocenters. The molecule has 2 aliphatic rings. The van der Waals surface area contributed by atoms with E-state index in [1.807, 2.05) is 18.4 Å². The molecule has 0 unspecified atom stereocenters. The maximum atomic E-state index is 9.29. The molecule has 176 valence electrons. The number of anilines is 1. The molecule has 0 aliphatic carbocycles. The molecule has 0 aromatic carbocycles. The van der Waals surface area contributed by atoms with Gasteiger partial charge in [-0.1, -0.05) is 6.08 Å². The number of aliphatic hydroxyl groups is 1. The molecule has 4 heterocycles. The van der Waals surface area contributed by atoms with E-state index in [4.69, 9.17) is 14.2 Å². The van der Waals surface area contributed by atoms with Crippen LogP contribution in [-0.4, -0.2) is 85.9 Å². The average molecular weight is 447 g/mol. The summed E-state index contributed by atoms with van der Waals surface area (Å²) in [4.78, 5) is 15.6. The summed E-state index contributed by atoms with van der Waals surface area (Å²) in [5.41, 5.74) is 1.34. The van der Waals surface area contributed by atoms with Crippen molar-refractivity contribution in [3.8, 4) is 0 Å². The van der Waals surface area contributed by atoms with Crippen LogP contribution in [0.25, 0.3) is 11.2 Å². The number of fused-ring (bicyclic) bond motifs is 2. The summed E-state index contributed by atoms with van der Waals surface area (Å²) in [5, 5.41) is 12.5. The number of rotatable bonds is 10. The Labute approximate surface area is 188 Å². The van der Waals surface area contributed by atoms with E-state index in [0.717, 1.165) is 13.0 Å². The monoisotopic (exact) mass is 446 g/mol. The lowest BCUT2D eigenvalue weighted by molar-refractivity contribution is -0.198. The van der Waals surface area contributed by atoms with Gasteiger partial charge in [0, 0.05) is 32.3 Å². The van der Waals surface area contributed by atoms with E-state index in [1.165, 1.54) is 6.33 Å². The van der Waals surface area contributed by atoms with Gasteiger partial charge >= 0.3 is 0 Å². The van der Waals surface area contributed by atoms with E-state index in [-0.39, 0.29) is 24.9 Å². The third-order valence-electron chi connectivity index (χ3n) is 5.92. The minimum atomic E-state index is -0.703. The van der Waals surface area contributed by atoms with Gasteiger partial charge in [-0.15, -0.1) is 6.58 Å². The van der Waals surface area contributed by atoms with Crippen molar-refractivity contribution in [2.45, 2.75) is 70.5 Å². The first-order valence-corrected chi connectivity index (χ1v) is 11.2. The summed E-state index contributed by atoms with van der Waals surface area (Å²) in [6.45, 7) is 14.1. The van der Waals surface area contributed by atoms with Crippen LogP contribution >= 0.6 is 0 Å². The standard InChI is InChI=1S/C22H34N6O4/c1-6-8-23-19-16-20(25-12-24-19)28(13-26-16)21-18-17(31-22(4,5)32-18)15(30-21)11-27(14(2)3)9-7-10-29/h6,12-15,17-18,21,29H,1,7-11H2,2-5H3,(H,23,24,25)/t15-,17-,18-,21-/m1/s1. The Kier molecular flexibility index (Phi) is 6.78. The van der Waals surface area contributed by atoms with Crippen LogP contribution in [-0.2, 0) is 14.2 Å². The van der Waals surface area contributed by atoms with Crippen molar-refractivity contribution >= 4 is 17.0 Å². The first kappa shape index (κ1) is 23.1. The average Bonchev–Trinajstić information content (AvgIpc) is 3.40. The summed E-state index contributed by atoms with van der Waals surface area (Å²) in [6.07, 6.45) is 4.60. The largest absolute Gasteiger partial charge is 0.396 e. The highest BCUT2D eigenvalue weighted by atomic mass is 16.8. The van der Waals surface area contributed by atoms with E-state index >= 15 is 0 Å². The molecule has 4 rings (SSSR count). The predicted molar refractivity (Wildman–Crippen MR) is 120 cm³/mol. The Morgan fingerprint density at radius 1 is 1.28 bits per heavy atom. The highest BCUT2D eigenvalue weighted by Gasteiger charge is 2.56. The molecule has 10 nitrogen and oxygen atoms in total. The van der Waals surface area contributed by atoms with Crippen LogP contribution in [0.15, 0.2) is 25.3 Å². The van der Waals surface area contributed by atoms with Crippen molar-refractivity contribution in [1.29, 1.82) is 0 Å². The first-order valence-electron chi connectivity index (χ1n) is 11.2. The van der Waals surface area contributed by atoms with Crippen molar-refractivity contribution in [3.05, 3.63) is 25.3 Å². The van der Waals surface area contributed by atoms with Crippen LogP contribution in [0.5, 0.6) is 0 Å². The predicted octanol–water partition coefficient (Wildman–Crippen LogP) is 1.93. The fourth-order valence-electron chi connectivity index (χ4n) is 4.43. The molecule has 32 heavy (non-hydrogen) atoms. The van der Waals surface area contributed by atoms with Gasteiger partial charge in [0.05, 0.1) is 6.33 Å². The molecule has 0 amide bonds. The molecule has 0 radical (unpaired) electrons. The van der Waals surface area contributed by atoms with Gasteiger partial charge in [0.15, 0.2) is 29.0 Å². The van der Waals surface area contributed by atoms with E-state index < -0.39 is 12.0 Å². The van der Waals surface area contributed by atoms with Crippen molar-refractivity contribution < 1.29 is 19.3 Å². The smallest absolute Gasteiger partial charge is 0.167 e. The zero-order valence-electron chi connectivity index (χ0n) is 19.3. The van der Waals surface area contributed by atoms with Gasteiger partial charge in [0.2, 0.25) is 0 Å². The molecule has 2 saturated heterocycles. The number of nitrogens with one attached hydrogen (secondary N) is 1. The molecule has 10 heteroatoms. The van der Waals surface area contributed by atoms with Crippen LogP contribution in [0.2, 0.25) is 0 Å². The lowest BCUT2D eigenvalue weighted by Gasteiger charge is -2.31. The number of ether oxygens (including phenoxy) is 3. The maximum absolute atomic E-state index is 9.29. The van der Waals surface area contributed by atoms with Crippen molar-refractivity contribution in [3.63, 3.8) is 0 Å². The van der Waals surface area contributed by atoms with E-state index in [2.05, 4.69) is 45.6 Å². The molecule has 2 N–H and O–H groups in total. The zero-order chi connectivity index (χ0) is 22.9. The maximum Gasteiger partial charge on any atom is 0.167 e. The van der Waals surface area contributed by atoms with Gasteiger partial charge in [0.25, 0.3) is 0 Å². The molecule has 2 aromatic heterocycles. The first-order chi connectivity index (χ1) is 15.3. The number of imidazole rings is 1. The van der Waals surface area contributed by atoms with Gasteiger partial charge in [-0.25, -0.2) is 15.0 Å². The quantitative estimate of drug-likeness (QED) is 0.530. The van der Waals surface area contributed by atoms with Gasteiger partial charge in [-0.05, 0) is 34.1 Å². The number of hydrogen-bond acceptors (Lipinski definition) is 9. The van der Waals surface area contributed by atoms with Gasteiger partial charge in [-0.3, -0.25) is 9.47 Å². The summed E-state index contributed by atoms with van der Waals surface area (Å²) < 4.78 is 21.0. The molecular weight excluding hydrogens is 412 g/mol. The summed E-state index contributed by atoms with van der Waals surface area (Å²) in [7, 11) is 0. The van der Waals surface area contributed by atoms with Crippen LogP contribution in [0.1, 0.15) is 40.3 Å².